The fourth-order valence-corrected chi connectivity index (χ4v) is 4.83. The monoisotopic (exact) mass is 558 g/mol. The molecule has 3 N–H and O–H groups in total. The first-order valence-corrected chi connectivity index (χ1v) is 14.4. The molecule has 2 saturated heterocycles. The standard InChI is InChI=1S/C29H46N6O5/c1-22(2)25(32-29(39)35-18-20-40-21-19-35)27(37)31-24(11-10-23-8-5-4-6-9-23)26(36)28(38)30-12-7-13-34-16-14-33(3)15-17-34/h4-6,8-9,22,24-25H,7,10-21H2,1-3H3,(H,30,38)(H,31,37)(H,32,39)/t24?,25-/m0/s1. The van der Waals surface area contributed by atoms with Gasteiger partial charge in [-0.15, -0.1) is 0 Å². The maximum absolute atomic E-state index is 13.3. The minimum absolute atomic E-state index is 0.224. The fourth-order valence-electron chi connectivity index (χ4n) is 4.83. The average Bonchev–Trinajstić information content (AvgIpc) is 2.97. The van der Waals surface area contributed by atoms with Crippen LogP contribution in [0.5, 0.6) is 0 Å². The third-order valence-corrected chi connectivity index (χ3v) is 7.48. The van der Waals surface area contributed by atoms with Gasteiger partial charge in [-0.25, -0.2) is 4.79 Å². The Balaban J connectivity index is 1.58. The van der Waals surface area contributed by atoms with Crippen LogP contribution >= 0.6 is 0 Å². The van der Waals surface area contributed by atoms with Crippen LogP contribution in [0.1, 0.15) is 32.3 Å². The van der Waals surface area contributed by atoms with Gasteiger partial charge in [0.05, 0.1) is 19.3 Å². The van der Waals surface area contributed by atoms with Crippen LogP contribution < -0.4 is 16.0 Å². The number of amides is 4. The highest BCUT2D eigenvalue weighted by molar-refractivity contribution is 6.38. The zero-order valence-corrected chi connectivity index (χ0v) is 24.2. The number of piperazine rings is 1. The molecule has 11 nitrogen and oxygen atoms in total. The number of carbonyl (C=O) groups is 4. The van der Waals surface area contributed by atoms with Crippen molar-refractivity contribution in [1.82, 2.24) is 30.7 Å². The Labute approximate surface area is 238 Å². The third-order valence-electron chi connectivity index (χ3n) is 7.48. The Kier molecular flexibility index (Phi) is 12.8. The number of morpholine rings is 1. The van der Waals surface area contributed by atoms with E-state index in [9.17, 15) is 19.2 Å². The Morgan fingerprint density at radius 1 is 0.925 bits per heavy atom. The van der Waals surface area contributed by atoms with E-state index in [0.29, 0.717) is 39.3 Å². The number of aryl methyl sites for hydroxylation is 1. The summed E-state index contributed by atoms with van der Waals surface area (Å²) in [5.74, 6) is -2.08. The first-order valence-electron chi connectivity index (χ1n) is 14.4. The van der Waals surface area contributed by atoms with Gasteiger partial charge in [0.2, 0.25) is 11.7 Å². The molecule has 0 saturated carbocycles. The van der Waals surface area contributed by atoms with E-state index < -0.39 is 29.7 Å². The van der Waals surface area contributed by atoms with Crippen molar-refractivity contribution in [2.75, 3.05) is 72.6 Å². The molecule has 0 bridgehead atoms. The van der Waals surface area contributed by atoms with E-state index in [2.05, 4.69) is 32.8 Å². The molecule has 0 spiro atoms. The Morgan fingerprint density at radius 3 is 2.25 bits per heavy atom. The normalized spacial score (nSPS) is 18.1. The van der Waals surface area contributed by atoms with Gasteiger partial charge >= 0.3 is 6.03 Å². The van der Waals surface area contributed by atoms with Gasteiger partial charge in [0, 0.05) is 45.8 Å². The second kappa shape index (κ2) is 16.3. The molecular weight excluding hydrogens is 512 g/mol. The topological polar surface area (TPSA) is 123 Å². The number of rotatable bonds is 13. The highest BCUT2D eigenvalue weighted by atomic mass is 16.5. The number of nitrogens with one attached hydrogen (secondary N) is 3. The molecule has 1 aromatic carbocycles. The SMILES string of the molecule is CC(C)[C@H](NC(=O)N1CCOCC1)C(=O)NC(CCc1ccccc1)C(=O)C(=O)NCCCN1CCN(C)CC1. The lowest BCUT2D eigenvalue weighted by Crippen LogP contribution is -2.58. The van der Waals surface area contributed by atoms with Crippen LogP contribution in [-0.4, -0.2) is 123 Å². The van der Waals surface area contributed by atoms with Crippen LogP contribution in [-0.2, 0) is 25.5 Å². The Bertz CT molecular complexity index is 961. The molecule has 2 aliphatic rings. The lowest BCUT2D eigenvalue weighted by atomic mass is 9.99. The van der Waals surface area contributed by atoms with Gasteiger partial charge in [-0.3, -0.25) is 14.4 Å². The van der Waals surface area contributed by atoms with Gasteiger partial charge in [-0.2, -0.15) is 0 Å². The number of benzene rings is 1. The molecule has 40 heavy (non-hydrogen) atoms. The summed E-state index contributed by atoms with van der Waals surface area (Å²) in [6.07, 6.45) is 1.53. The first kappa shape index (κ1) is 31.5. The van der Waals surface area contributed by atoms with Crippen molar-refractivity contribution >= 4 is 23.6 Å². The number of likely N-dealkylation sites (N-methyl/N-ethyl adjacent to an activating group) is 1. The van der Waals surface area contributed by atoms with Crippen molar-refractivity contribution in [1.29, 1.82) is 0 Å². The summed E-state index contributed by atoms with van der Waals surface area (Å²) in [5.41, 5.74) is 1.00. The van der Waals surface area contributed by atoms with Crippen LogP contribution in [0.4, 0.5) is 4.79 Å². The quantitative estimate of drug-likeness (QED) is 0.238. The summed E-state index contributed by atoms with van der Waals surface area (Å²) < 4.78 is 5.30. The Morgan fingerprint density at radius 2 is 1.60 bits per heavy atom. The smallest absolute Gasteiger partial charge is 0.318 e. The van der Waals surface area contributed by atoms with Crippen molar-refractivity contribution in [2.45, 2.75) is 45.2 Å². The molecule has 0 radical (unpaired) electrons. The summed E-state index contributed by atoms with van der Waals surface area (Å²) in [4.78, 5) is 58.5. The zero-order chi connectivity index (χ0) is 28.9. The van der Waals surface area contributed by atoms with Gasteiger partial charge in [-0.1, -0.05) is 44.2 Å². The van der Waals surface area contributed by atoms with Crippen molar-refractivity contribution in [3.8, 4) is 0 Å². The van der Waals surface area contributed by atoms with Crippen LogP contribution in [0.3, 0.4) is 0 Å². The molecular formula is C29H46N6O5. The second-order valence-corrected chi connectivity index (χ2v) is 11.0. The van der Waals surface area contributed by atoms with Gasteiger partial charge in [0.1, 0.15) is 6.04 Å². The Hall–Kier alpha value is -3.02. The fraction of sp³-hybridized carbons (Fsp3) is 0.655. The first-order chi connectivity index (χ1) is 19.2. The number of nitrogens with zero attached hydrogens (tertiary/aromatic N) is 3. The van der Waals surface area contributed by atoms with E-state index >= 15 is 0 Å². The number of carbonyl (C=O) groups excluding carboxylic acids is 4. The molecule has 0 aromatic heterocycles. The van der Waals surface area contributed by atoms with Crippen molar-refractivity contribution in [2.24, 2.45) is 5.92 Å². The largest absolute Gasteiger partial charge is 0.378 e. The van der Waals surface area contributed by atoms with Crippen molar-refractivity contribution < 1.29 is 23.9 Å². The van der Waals surface area contributed by atoms with E-state index in [1.54, 1.807) is 4.90 Å². The number of ether oxygens (including phenoxy) is 1. The predicted molar refractivity (Wildman–Crippen MR) is 153 cm³/mol. The number of hydrogen-bond acceptors (Lipinski definition) is 7. The minimum atomic E-state index is -1.01. The molecule has 11 heteroatoms. The van der Waals surface area contributed by atoms with E-state index in [1.807, 2.05) is 44.2 Å². The van der Waals surface area contributed by atoms with Crippen molar-refractivity contribution in [3.63, 3.8) is 0 Å². The highest BCUT2D eigenvalue weighted by Crippen LogP contribution is 2.10. The van der Waals surface area contributed by atoms with Gasteiger partial charge in [-0.05, 0) is 44.3 Å². The maximum atomic E-state index is 13.3. The van der Waals surface area contributed by atoms with E-state index in [-0.39, 0.29) is 18.4 Å². The summed E-state index contributed by atoms with van der Waals surface area (Å²) in [6, 6.07) is 7.42. The van der Waals surface area contributed by atoms with E-state index in [0.717, 1.165) is 44.7 Å². The number of hydrogen-bond donors (Lipinski definition) is 3. The van der Waals surface area contributed by atoms with Crippen molar-refractivity contribution in [3.05, 3.63) is 35.9 Å². The van der Waals surface area contributed by atoms with Crippen LogP contribution in [0.25, 0.3) is 0 Å². The van der Waals surface area contributed by atoms with E-state index in [4.69, 9.17) is 4.74 Å². The zero-order valence-electron chi connectivity index (χ0n) is 24.2. The average molecular weight is 559 g/mol. The molecule has 1 unspecified atom stereocenters. The van der Waals surface area contributed by atoms with Crippen LogP contribution in [0.2, 0.25) is 0 Å². The molecule has 2 fully saturated rings. The predicted octanol–water partition coefficient (Wildman–Crippen LogP) is 0.493. The van der Waals surface area contributed by atoms with E-state index in [1.165, 1.54) is 0 Å². The molecule has 4 amide bonds. The number of ketones is 1. The van der Waals surface area contributed by atoms with Gasteiger partial charge in [0.25, 0.3) is 5.91 Å². The lowest BCUT2D eigenvalue weighted by molar-refractivity contribution is -0.140. The number of urea groups is 1. The summed E-state index contributed by atoms with van der Waals surface area (Å²) >= 11 is 0. The molecule has 1 aromatic rings. The number of Topliss-reactive ketones (excluding diaryl/α,β-unsaturated/α-hetero) is 1. The molecule has 2 heterocycles. The molecule has 0 aliphatic carbocycles. The lowest BCUT2D eigenvalue weighted by Gasteiger charge is -2.32. The molecule has 222 valence electrons. The highest BCUT2D eigenvalue weighted by Gasteiger charge is 2.32. The second-order valence-electron chi connectivity index (χ2n) is 11.0. The summed E-state index contributed by atoms with van der Waals surface area (Å²) in [5, 5.41) is 8.34. The van der Waals surface area contributed by atoms with Gasteiger partial charge < -0.3 is 35.4 Å². The minimum Gasteiger partial charge on any atom is -0.378 e. The molecule has 3 rings (SSSR count). The van der Waals surface area contributed by atoms with Crippen LogP contribution in [0.15, 0.2) is 30.3 Å². The van der Waals surface area contributed by atoms with Crippen LogP contribution in [0, 0.1) is 5.92 Å². The molecule has 2 aliphatic heterocycles. The summed E-state index contributed by atoms with van der Waals surface area (Å²) in [6.45, 7) is 10.8. The summed E-state index contributed by atoms with van der Waals surface area (Å²) in [7, 11) is 2.11. The maximum Gasteiger partial charge on any atom is 0.318 e. The third kappa shape index (κ3) is 10.2. The molecule has 2 atom stereocenters. The van der Waals surface area contributed by atoms with Gasteiger partial charge in [0.15, 0.2) is 0 Å².